The van der Waals surface area contributed by atoms with E-state index < -0.39 is 0 Å². The molecule has 0 unspecified atom stereocenters. The van der Waals surface area contributed by atoms with Crippen molar-refractivity contribution in [3.63, 3.8) is 0 Å². The fraction of sp³-hybridized carbons (Fsp3) is 0.412. The summed E-state index contributed by atoms with van der Waals surface area (Å²) in [5.41, 5.74) is 13.5. The van der Waals surface area contributed by atoms with Crippen LogP contribution in [0, 0.1) is 13.8 Å². The zero-order valence-corrected chi connectivity index (χ0v) is 14.5. The first-order valence-electron chi connectivity index (χ1n) is 8.18. The van der Waals surface area contributed by atoms with Crippen molar-refractivity contribution in [2.75, 3.05) is 49.7 Å². The molecule has 0 saturated carbocycles. The number of aryl methyl sites for hydroxylation is 2. The molecule has 7 nitrogen and oxygen atoms in total. The molecule has 2 heterocycles. The number of hydrogen-bond donors (Lipinski definition) is 3. The minimum absolute atomic E-state index is 0.523. The highest BCUT2D eigenvalue weighted by Crippen LogP contribution is 2.27. The van der Waals surface area contributed by atoms with Gasteiger partial charge in [0.1, 0.15) is 12.0 Å². The highest BCUT2D eigenvalue weighted by Gasteiger charge is 2.16. The summed E-state index contributed by atoms with van der Waals surface area (Å²) in [4.78, 5) is 10.9. The van der Waals surface area contributed by atoms with Crippen LogP contribution < -0.4 is 16.5 Å². The zero-order chi connectivity index (χ0) is 17.1. The van der Waals surface area contributed by atoms with Gasteiger partial charge in [0, 0.05) is 31.9 Å². The van der Waals surface area contributed by atoms with Gasteiger partial charge in [0.2, 0.25) is 0 Å². The molecule has 0 amide bonds. The number of benzene rings is 1. The molecular weight excluding hydrogens is 302 g/mol. The van der Waals surface area contributed by atoms with Gasteiger partial charge in [-0.15, -0.1) is 0 Å². The number of nitrogens with one attached hydrogen (secondary N) is 2. The molecule has 1 fully saturated rings. The van der Waals surface area contributed by atoms with E-state index >= 15 is 0 Å². The summed E-state index contributed by atoms with van der Waals surface area (Å²) >= 11 is 0. The number of nitrogen functional groups attached to an aromatic ring is 1. The first-order chi connectivity index (χ1) is 11.5. The molecule has 1 aliphatic rings. The number of piperazine rings is 1. The molecule has 0 atom stereocenters. The third kappa shape index (κ3) is 3.74. The molecule has 3 rings (SSSR count). The first-order valence-corrected chi connectivity index (χ1v) is 8.18. The Kier molecular flexibility index (Phi) is 4.82. The minimum Gasteiger partial charge on any atom is -0.393 e. The van der Waals surface area contributed by atoms with Crippen molar-refractivity contribution in [1.82, 2.24) is 19.9 Å². The van der Waals surface area contributed by atoms with Crippen molar-refractivity contribution in [1.29, 1.82) is 0 Å². The monoisotopic (exact) mass is 327 g/mol. The third-order valence-electron chi connectivity index (χ3n) is 4.42. The van der Waals surface area contributed by atoms with Gasteiger partial charge in [-0.05, 0) is 44.2 Å². The smallest absolute Gasteiger partial charge is 0.169 e. The van der Waals surface area contributed by atoms with Gasteiger partial charge in [-0.3, -0.25) is 0 Å². The van der Waals surface area contributed by atoms with Crippen molar-refractivity contribution in [2.24, 2.45) is 0 Å². The van der Waals surface area contributed by atoms with Crippen LogP contribution in [0.5, 0.6) is 0 Å². The Labute approximate surface area is 142 Å². The fourth-order valence-electron chi connectivity index (χ4n) is 2.61. The number of rotatable bonds is 4. The minimum atomic E-state index is 0.523. The number of aromatic nitrogens is 2. The van der Waals surface area contributed by atoms with Crippen LogP contribution in [0.25, 0.3) is 0 Å². The summed E-state index contributed by atoms with van der Waals surface area (Å²) < 4.78 is 0. The van der Waals surface area contributed by atoms with Gasteiger partial charge in [0.05, 0.1) is 0 Å². The maximum absolute atomic E-state index is 6.26. The quantitative estimate of drug-likeness (QED) is 0.792. The van der Waals surface area contributed by atoms with Crippen LogP contribution in [0.1, 0.15) is 11.1 Å². The predicted octanol–water partition coefficient (Wildman–Crippen LogP) is 1.99. The molecule has 0 bridgehead atoms. The molecule has 1 aliphatic heterocycles. The summed E-state index contributed by atoms with van der Waals surface area (Å²) in [7, 11) is 2.13. The van der Waals surface area contributed by atoms with E-state index in [0.717, 1.165) is 31.9 Å². The van der Waals surface area contributed by atoms with Crippen molar-refractivity contribution < 1.29 is 0 Å². The number of likely N-dealkylation sites (N-methyl/N-ethyl adjacent to an activating group) is 1. The second kappa shape index (κ2) is 7.02. The fourth-order valence-corrected chi connectivity index (χ4v) is 2.61. The van der Waals surface area contributed by atoms with Crippen LogP contribution in [0.15, 0.2) is 24.5 Å². The molecule has 4 N–H and O–H groups in total. The van der Waals surface area contributed by atoms with Crippen molar-refractivity contribution in [3.8, 4) is 0 Å². The van der Waals surface area contributed by atoms with Gasteiger partial charge in [-0.2, -0.15) is 0 Å². The standard InChI is InChI=1S/C17H25N7/c1-12-4-5-14(10-13(12)2)21-16-15(18)17(20-11-19-16)22-24-8-6-23(3)7-9-24/h4-5,10-11H,6-9,18H2,1-3H3,(H2,19,20,21,22). The molecule has 1 saturated heterocycles. The summed E-state index contributed by atoms with van der Waals surface area (Å²) in [5, 5.41) is 5.42. The molecule has 7 heteroatoms. The van der Waals surface area contributed by atoms with Crippen LogP contribution >= 0.6 is 0 Å². The Balaban J connectivity index is 1.74. The van der Waals surface area contributed by atoms with E-state index in [9.17, 15) is 0 Å². The predicted molar refractivity (Wildman–Crippen MR) is 98.3 cm³/mol. The number of hydrogen-bond acceptors (Lipinski definition) is 7. The molecule has 1 aromatic carbocycles. The Bertz CT molecular complexity index is 708. The van der Waals surface area contributed by atoms with E-state index in [1.807, 2.05) is 6.07 Å². The van der Waals surface area contributed by atoms with Gasteiger partial charge in [0.25, 0.3) is 0 Å². The molecule has 24 heavy (non-hydrogen) atoms. The summed E-state index contributed by atoms with van der Waals surface area (Å²) in [6, 6.07) is 6.19. The highest BCUT2D eigenvalue weighted by atomic mass is 15.5. The Hall–Kier alpha value is -2.38. The Morgan fingerprint density at radius 3 is 2.42 bits per heavy atom. The average Bonchev–Trinajstić information content (AvgIpc) is 2.57. The molecule has 0 spiro atoms. The van der Waals surface area contributed by atoms with Gasteiger partial charge >= 0.3 is 0 Å². The molecular formula is C17H25N7. The topological polar surface area (TPSA) is 82.3 Å². The lowest BCUT2D eigenvalue weighted by atomic mass is 10.1. The molecule has 2 aromatic rings. The third-order valence-corrected chi connectivity index (χ3v) is 4.42. The van der Waals surface area contributed by atoms with Crippen LogP contribution in [0.3, 0.4) is 0 Å². The Morgan fingerprint density at radius 2 is 1.71 bits per heavy atom. The van der Waals surface area contributed by atoms with E-state index in [4.69, 9.17) is 5.73 Å². The van der Waals surface area contributed by atoms with E-state index in [1.54, 1.807) is 0 Å². The number of nitrogens with zero attached hydrogens (tertiary/aromatic N) is 4. The van der Waals surface area contributed by atoms with Crippen LogP contribution in [0.2, 0.25) is 0 Å². The maximum Gasteiger partial charge on any atom is 0.169 e. The van der Waals surface area contributed by atoms with E-state index in [2.05, 4.69) is 63.6 Å². The lowest BCUT2D eigenvalue weighted by Gasteiger charge is -2.32. The van der Waals surface area contributed by atoms with Crippen molar-refractivity contribution >= 4 is 23.0 Å². The van der Waals surface area contributed by atoms with Crippen LogP contribution in [-0.2, 0) is 0 Å². The summed E-state index contributed by atoms with van der Waals surface area (Å²) in [6.07, 6.45) is 1.53. The van der Waals surface area contributed by atoms with Gasteiger partial charge in [-0.1, -0.05) is 6.07 Å². The SMILES string of the molecule is Cc1ccc(Nc2ncnc(NN3CCN(C)CC3)c2N)cc1C. The normalized spacial score (nSPS) is 16.1. The number of nitrogens with two attached hydrogens (primary N) is 1. The molecule has 1 aromatic heterocycles. The zero-order valence-electron chi connectivity index (χ0n) is 14.5. The van der Waals surface area contributed by atoms with E-state index in [1.165, 1.54) is 17.5 Å². The van der Waals surface area contributed by atoms with E-state index in [-0.39, 0.29) is 0 Å². The van der Waals surface area contributed by atoms with Gasteiger partial charge in [0.15, 0.2) is 11.6 Å². The largest absolute Gasteiger partial charge is 0.393 e. The summed E-state index contributed by atoms with van der Waals surface area (Å²) in [6.45, 7) is 8.08. The average molecular weight is 327 g/mol. The van der Waals surface area contributed by atoms with Gasteiger partial charge < -0.3 is 21.4 Å². The summed E-state index contributed by atoms with van der Waals surface area (Å²) in [5.74, 6) is 1.26. The molecule has 0 radical (unpaired) electrons. The number of hydrazine groups is 1. The lowest BCUT2D eigenvalue weighted by molar-refractivity contribution is 0.178. The second-order valence-electron chi connectivity index (χ2n) is 6.31. The highest BCUT2D eigenvalue weighted by molar-refractivity contribution is 5.77. The lowest BCUT2D eigenvalue weighted by Crippen LogP contribution is -2.47. The van der Waals surface area contributed by atoms with Crippen molar-refractivity contribution in [2.45, 2.75) is 13.8 Å². The Morgan fingerprint density at radius 1 is 1.00 bits per heavy atom. The van der Waals surface area contributed by atoms with Crippen LogP contribution in [-0.4, -0.2) is 53.1 Å². The van der Waals surface area contributed by atoms with Gasteiger partial charge in [-0.25, -0.2) is 15.0 Å². The molecule has 128 valence electrons. The first kappa shape index (κ1) is 16.5. The van der Waals surface area contributed by atoms with E-state index in [0.29, 0.717) is 17.3 Å². The second-order valence-corrected chi connectivity index (χ2v) is 6.31. The maximum atomic E-state index is 6.26. The number of anilines is 4. The molecule has 0 aliphatic carbocycles. The van der Waals surface area contributed by atoms with Crippen molar-refractivity contribution in [3.05, 3.63) is 35.7 Å². The van der Waals surface area contributed by atoms with Crippen LogP contribution in [0.4, 0.5) is 23.0 Å².